The third kappa shape index (κ3) is 6.78. The highest BCUT2D eigenvalue weighted by Crippen LogP contribution is 2.33. The summed E-state index contributed by atoms with van der Waals surface area (Å²) in [6, 6.07) is 4.31. The molecule has 1 aromatic carbocycles. The predicted octanol–water partition coefficient (Wildman–Crippen LogP) is 1.83. The fraction of sp³-hybridized carbons (Fsp3) is 0.621. The minimum absolute atomic E-state index is 0.108. The molecule has 0 saturated carbocycles. The standard InChI is InChI=1S/C29H43N5O5/c1-17(2)15-21(31-26(37)19-9-11-20(12-10-19)32(7)8)27(38)33-14-13-22-24(33)23(36)16-34(22)28(39)25(29(4,5)6)30-18(3)35/h9-12,17,21-22,24-25H,13-16H2,1-8H3,(H,30,35)(H,31,37). The third-order valence-electron chi connectivity index (χ3n) is 7.41. The summed E-state index contributed by atoms with van der Waals surface area (Å²) in [5.41, 5.74) is 0.840. The summed E-state index contributed by atoms with van der Waals surface area (Å²) in [7, 11) is 3.83. The smallest absolute Gasteiger partial charge is 0.251 e. The Bertz CT molecular complexity index is 1110. The van der Waals surface area contributed by atoms with Gasteiger partial charge in [-0.25, -0.2) is 0 Å². The molecule has 214 valence electrons. The number of ketones is 1. The van der Waals surface area contributed by atoms with Crippen molar-refractivity contribution in [2.45, 2.75) is 78.6 Å². The molecule has 2 saturated heterocycles. The van der Waals surface area contributed by atoms with Crippen LogP contribution in [-0.2, 0) is 19.2 Å². The van der Waals surface area contributed by atoms with Crippen molar-refractivity contribution in [2.24, 2.45) is 11.3 Å². The minimum atomic E-state index is -0.802. The van der Waals surface area contributed by atoms with Gasteiger partial charge in [-0.1, -0.05) is 34.6 Å². The van der Waals surface area contributed by atoms with Crippen LogP contribution in [0.1, 0.15) is 64.7 Å². The van der Waals surface area contributed by atoms with E-state index in [1.165, 1.54) is 16.7 Å². The lowest BCUT2D eigenvalue weighted by Crippen LogP contribution is -2.56. The molecule has 3 rings (SSSR count). The molecule has 0 aliphatic carbocycles. The van der Waals surface area contributed by atoms with Gasteiger partial charge in [0.25, 0.3) is 5.91 Å². The van der Waals surface area contributed by atoms with Crippen molar-refractivity contribution in [3.05, 3.63) is 29.8 Å². The SMILES string of the molecule is CC(=O)NC(C(=O)N1CC(=O)C2C1CCN2C(=O)C(CC(C)C)NC(=O)c1ccc(N(C)C)cc1)C(C)(C)C. The van der Waals surface area contributed by atoms with Crippen molar-refractivity contribution in [1.29, 1.82) is 0 Å². The number of likely N-dealkylation sites (tertiary alicyclic amines) is 2. The first-order valence-corrected chi connectivity index (χ1v) is 13.6. The number of amides is 4. The lowest BCUT2D eigenvalue weighted by Gasteiger charge is -2.35. The second-order valence-corrected chi connectivity index (χ2v) is 12.4. The zero-order chi connectivity index (χ0) is 29.2. The maximum atomic E-state index is 13.8. The summed E-state index contributed by atoms with van der Waals surface area (Å²) in [5.74, 6) is -1.39. The molecule has 39 heavy (non-hydrogen) atoms. The van der Waals surface area contributed by atoms with E-state index in [0.29, 0.717) is 24.9 Å². The van der Waals surface area contributed by atoms with Crippen LogP contribution in [0.25, 0.3) is 0 Å². The van der Waals surface area contributed by atoms with Crippen LogP contribution in [0, 0.1) is 11.3 Å². The Kier molecular flexibility index (Phi) is 9.08. The van der Waals surface area contributed by atoms with E-state index in [4.69, 9.17) is 0 Å². The van der Waals surface area contributed by atoms with Crippen LogP contribution in [0.15, 0.2) is 24.3 Å². The largest absolute Gasteiger partial charge is 0.378 e. The molecule has 10 heteroatoms. The number of carbonyl (C=O) groups excluding carboxylic acids is 5. The first-order chi connectivity index (χ1) is 18.1. The van der Waals surface area contributed by atoms with Crippen LogP contribution >= 0.6 is 0 Å². The van der Waals surface area contributed by atoms with Gasteiger partial charge in [0, 0.05) is 38.8 Å². The Morgan fingerprint density at radius 2 is 1.62 bits per heavy atom. The fourth-order valence-electron chi connectivity index (χ4n) is 5.42. The molecule has 0 spiro atoms. The van der Waals surface area contributed by atoms with Crippen molar-refractivity contribution >= 4 is 35.1 Å². The van der Waals surface area contributed by atoms with E-state index in [-0.39, 0.29) is 41.9 Å². The molecule has 0 aromatic heterocycles. The second-order valence-electron chi connectivity index (χ2n) is 12.4. The number of carbonyl (C=O) groups is 5. The topological polar surface area (TPSA) is 119 Å². The molecular weight excluding hydrogens is 498 g/mol. The van der Waals surface area contributed by atoms with Gasteiger partial charge in [-0.05, 0) is 48.4 Å². The van der Waals surface area contributed by atoms with Gasteiger partial charge in [0.05, 0.1) is 12.6 Å². The number of hydrogen-bond acceptors (Lipinski definition) is 6. The number of benzene rings is 1. The highest BCUT2D eigenvalue weighted by atomic mass is 16.2. The first kappa shape index (κ1) is 30.1. The third-order valence-corrected chi connectivity index (χ3v) is 7.41. The Labute approximate surface area is 231 Å². The van der Waals surface area contributed by atoms with Crippen molar-refractivity contribution in [2.75, 3.05) is 32.1 Å². The molecule has 10 nitrogen and oxygen atoms in total. The number of Topliss-reactive ketones (excluding diaryl/α,β-unsaturated/α-hetero) is 1. The number of hydrogen-bond donors (Lipinski definition) is 2. The molecule has 2 heterocycles. The van der Waals surface area contributed by atoms with E-state index >= 15 is 0 Å². The van der Waals surface area contributed by atoms with Gasteiger partial charge in [0.1, 0.15) is 18.1 Å². The molecule has 0 bridgehead atoms. The van der Waals surface area contributed by atoms with E-state index < -0.39 is 29.6 Å². The summed E-state index contributed by atoms with van der Waals surface area (Å²) < 4.78 is 0. The highest BCUT2D eigenvalue weighted by molar-refractivity contribution is 6.01. The number of fused-ring (bicyclic) bond motifs is 1. The monoisotopic (exact) mass is 541 g/mol. The molecule has 2 aliphatic heterocycles. The van der Waals surface area contributed by atoms with Crippen LogP contribution in [0.2, 0.25) is 0 Å². The molecule has 4 atom stereocenters. The average molecular weight is 542 g/mol. The lowest BCUT2D eigenvalue weighted by molar-refractivity contribution is -0.140. The van der Waals surface area contributed by atoms with Crippen LogP contribution in [0.4, 0.5) is 5.69 Å². The van der Waals surface area contributed by atoms with Crippen molar-refractivity contribution in [1.82, 2.24) is 20.4 Å². The van der Waals surface area contributed by atoms with Gasteiger partial charge in [-0.2, -0.15) is 0 Å². The van der Waals surface area contributed by atoms with E-state index in [9.17, 15) is 24.0 Å². The van der Waals surface area contributed by atoms with Gasteiger partial charge in [-0.15, -0.1) is 0 Å². The van der Waals surface area contributed by atoms with Gasteiger partial charge >= 0.3 is 0 Å². The van der Waals surface area contributed by atoms with Crippen LogP contribution in [0.5, 0.6) is 0 Å². The molecule has 2 aliphatic rings. The summed E-state index contributed by atoms with van der Waals surface area (Å²) >= 11 is 0. The average Bonchev–Trinajstić information content (AvgIpc) is 3.41. The first-order valence-electron chi connectivity index (χ1n) is 13.6. The normalized spacial score (nSPS) is 20.5. The molecule has 4 amide bonds. The number of nitrogens with zero attached hydrogens (tertiary/aromatic N) is 3. The Balaban J connectivity index is 1.79. The molecule has 0 radical (unpaired) electrons. The molecular formula is C29H43N5O5. The summed E-state index contributed by atoms with van der Waals surface area (Å²) in [6.07, 6.45) is 0.874. The fourth-order valence-corrected chi connectivity index (χ4v) is 5.42. The molecule has 2 N–H and O–H groups in total. The quantitative estimate of drug-likeness (QED) is 0.518. The highest BCUT2D eigenvalue weighted by Gasteiger charge is 2.53. The van der Waals surface area contributed by atoms with Gasteiger partial charge in [0.15, 0.2) is 5.78 Å². The lowest BCUT2D eigenvalue weighted by atomic mass is 9.85. The molecule has 2 fully saturated rings. The van der Waals surface area contributed by atoms with Crippen molar-refractivity contribution in [3.63, 3.8) is 0 Å². The summed E-state index contributed by atoms with van der Waals surface area (Å²) in [6.45, 7) is 11.1. The zero-order valence-electron chi connectivity index (χ0n) is 24.4. The van der Waals surface area contributed by atoms with E-state index in [0.717, 1.165) is 5.69 Å². The van der Waals surface area contributed by atoms with Gasteiger partial charge in [-0.3, -0.25) is 24.0 Å². The molecule has 1 aromatic rings. The maximum absolute atomic E-state index is 13.8. The van der Waals surface area contributed by atoms with E-state index in [2.05, 4.69) is 10.6 Å². The van der Waals surface area contributed by atoms with E-state index in [1.807, 2.05) is 65.7 Å². The predicted molar refractivity (Wildman–Crippen MR) is 149 cm³/mol. The van der Waals surface area contributed by atoms with E-state index in [1.54, 1.807) is 12.1 Å². The van der Waals surface area contributed by atoms with Crippen LogP contribution < -0.4 is 15.5 Å². The number of nitrogens with one attached hydrogen (secondary N) is 2. The molecule has 4 unspecified atom stereocenters. The number of anilines is 1. The summed E-state index contributed by atoms with van der Waals surface area (Å²) in [5, 5.41) is 5.63. The Morgan fingerprint density at radius 3 is 2.13 bits per heavy atom. The van der Waals surface area contributed by atoms with Gasteiger partial charge in [0.2, 0.25) is 17.7 Å². The maximum Gasteiger partial charge on any atom is 0.251 e. The summed E-state index contributed by atoms with van der Waals surface area (Å²) in [4.78, 5) is 70.4. The van der Waals surface area contributed by atoms with Crippen LogP contribution in [0.3, 0.4) is 0 Å². The number of rotatable bonds is 8. The van der Waals surface area contributed by atoms with Gasteiger partial charge < -0.3 is 25.3 Å². The van der Waals surface area contributed by atoms with Crippen molar-refractivity contribution < 1.29 is 24.0 Å². The van der Waals surface area contributed by atoms with Crippen LogP contribution in [-0.4, -0.2) is 90.6 Å². The second kappa shape index (κ2) is 11.8. The Hall–Kier alpha value is -3.43. The Morgan fingerprint density at radius 1 is 1.00 bits per heavy atom. The minimum Gasteiger partial charge on any atom is -0.378 e. The zero-order valence-corrected chi connectivity index (χ0v) is 24.4. The van der Waals surface area contributed by atoms with Crippen molar-refractivity contribution in [3.8, 4) is 0 Å².